The lowest BCUT2D eigenvalue weighted by atomic mass is 10.0. The lowest BCUT2D eigenvalue weighted by Gasteiger charge is -2.30. The van der Waals surface area contributed by atoms with Crippen LogP contribution >= 0.6 is 0 Å². The van der Waals surface area contributed by atoms with Gasteiger partial charge in [-0.15, -0.1) is 6.58 Å². The number of benzene rings is 1. The lowest BCUT2D eigenvalue weighted by Crippen LogP contribution is -2.40. The van der Waals surface area contributed by atoms with Crippen molar-refractivity contribution in [3.8, 4) is 0 Å². The summed E-state index contributed by atoms with van der Waals surface area (Å²) in [5, 5.41) is 0. The van der Waals surface area contributed by atoms with E-state index < -0.39 is 8.41 Å². The molecular formula is C19H31FOSi. The van der Waals surface area contributed by atoms with Crippen molar-refractivity contribution in [2.45, 2.75) is 70.9 Å². The zero-order valence-electron chi connectivity index (χ0n) is 14.6. The van der Waals surface area contributed by atoms with E-state index in [0.717, 1.165) is 37.7 Å². The van der Waals surface area contributed by atoms with Gasteiger partial charge in [0.1, 0.15) is 0 Å². The van der Waals surface area contributed by atoms with E-state index in [0.29, 0.717) is 0 Å². The van der Waals surface area contributed by atoms with Crippen molar-refractivity contribution in [2.75, 3.05) is 0 Å². The SMILES string of the molecule is C=CC[C@@H](O[C@H](CCCCC)[Si](C)(C)F)c1ccc(C)cc1. The molecule has 0 aliphatic carbocycles. The van der Waals surface area contributed by atoms with Crippen LogP contribution in [0.4, 0.5) is 4.11 Å². The van der Waals surface area contributed by atoms with E-state index in [4.69, 9.17) is 4.74 Å². The summed E-state index contributed by atoms with van der Waals surface area (Å²) in [6.45, 7) is 11.6. The molecule has 0 saturated heterocycles. The summed E-state index contributed by atoms with van der Waals surface area (Å²) >= 11 is 0. The van der Waals surface area contributed by atoms with Crippen LogP contribution in [-0.2, 0) is 4.74 Å². The molecule has 22 heavy (non-hydrogen) atoms. The number of unbranched alkanes of at least 4 members (excludes halogenated alkanes) is 2. The first-order valence-electron chi connectivity index (χ1n) is 8.40. The maximum absolute atomic E-state index is 14.6. The number of aryl methyl sites for hydroxylation is 1. The largest absolute Gasteiger partial charge is 0.370 e. The van der Waals surface area contributed by atoms with Crippen LogP contribution in [-0.4, -0.2) is 14.1 Å². The summed E-state index contributed by atoms with van der Waals surface area (Å²) in [5.74, 6) is 0. The van der Waals surface area contributed by atoms with Gasteiger partial charge in [-0.3, -0.25) is 0 Å². The number of ether oxygens (including phenoxy) is 1. The molecule has 0 radical (unpaired) electrons. The second kappa shape index (κ2) is 9.26. The molecule has 0 N–H and O–H groups in total. The van der Waals surface area contributed by atoms with Crippen molar-refractivity contribution in [3.63, 3.8) is 0 Å². The molecule has 124 valence electrons. The van der Waals surface area contributed by atoms with Crippen molar-refractivity contribution in [3.05, 3.63) is 48.0 Å². The minimum absolute atomic E-state index is 0.0905. The van der Waals surface area contributed by atoms with Crippen LogP contribution < -0.4 is 0 Å². The Balaban J connectivity index is 2.84. The maximum atomic E-state index is 14.6. The summed E-state index contributed by atoms with van der Waals surface area (Å²) in [5.41, 5.74) is 2.09. The van der Waals surface area contributed by atoms with Crippen LogP contribution in [0, 0.1) is 6.92 Å². The van der Waals surface area contributed by atoms with E-state index >= 15 is 0 Å². The van der Waals surface area contributed by atoms with Crippen molar-refractivity contribution in [1.82, 2.24) is 0 Å². The molecule has 0 saturated carbocycles. The highest BCUT2D eigenvalue weighted by molar-refractivity contribution is 6.71. The minimum Gasteiger partial charge on any atom is -0.370 e. The van der Waals surface area contributed by atoms with Crippen molar-refractivity contribution >= 4 is 8.41 Å². The standard InChI is InChI=1S/C19H31FOSi/c1-6-8-9-11-19(22(4,5)20)21-18(10-7-2)17-14-12-16(3)13-15-17/h7,12-15,18-19H,2,6,8-11H2,1,3-5H3/t18-,19+/m1/s1. The van der Waals surface area contributed by atoms with Gasteiger partial charge in [0.25, 0.3) is 8.41 Å². The molecule has 0 unspecified atom stereocenters. The first-order chi connectivity index (χ1) is 10.4. The molecule has 2 atom stereocenters. The summed E-state index contributed by atoms with van der Waals surface area (Å²) in [6, 6.07) is 8.33. The van der Waals surface area contributed by atoms with Crippen molar-refractivity contribution in [2.24, 2.45) is 0 Å². The Morgan fingerprint density at radius 3 is 2.36 bits per heavy atom. The average Bonchev–Trinajstić information content (AvgIpc) is 2.45. The van der Waals surface area contributed by atoms with Gasteiger partial charge in [-0.1, -0.05) is 62.1 Å². The van der Waals surface area contributed by atoms with Gasteiger partial charge in [0.15, 0.2) is 0 Å². The Morgan fingerprint density at radius 1 is 1.23 bits per heavy atom. The van der Waals surface area contributed by atoms with Crippen LogP contribution in [0.2, 0.25) is 13.1 Å². The monoisotopic (exact) mass is 322 g/mol. The molecule has 1 aromatic carbocycles. The molecule has 1 aromatic rings. The van der Waals surface area contributed by atoms with E-state index in [1.807, 2.05) is 6.08 Å². The zero-order chi connectivity index (χ0) is 16.6. The predicted molar refractivity (Wildman–Crippen MR) is 96.3 cm³/mol. The second-order valence-corrected chi connectivity index (χ2v) is 10.4. The fourth-order valence-electron chi connectivity index (χ4n) is 2.55. The Morgan fingerprint density at radius 2 is 1.86 bits per heavy atom. The van der Waals surface area contributed by atoms with Gasteiger partial charge in [-0.05, 0) is 38.4 Å². The summed E-state index contributed by atoms with van der Waals surface area (Å²) in [4.78, 5) is 0. The molecule has 1 nitrogen and oxygen atoms in total. The molecule has 0 bridgehead atoms. The Hall–Kier alpha value is -0.933. The summed E-state index contributed by atoms with van der Waals surface area (Å²) < 4.78 is 20.9. The van der Waals surface area contributed by atoms with E-state index in [1.165, 1.54) is 5.56 Å². The van der Waals surface area contributed by atoms with Gasteiger partial charge in [0.2, 0.25) is 0 Å². The van der Waals surface area contributed by atoms with Crippen molar-refractivity contribution in [1.29, 1.82) is 0 Å². The van der Waals surface area contributed by atoms with Crippen LogP contribution in [0.1, 0.15) is 56.3 Å². The molecule has 0 spiro atoms. The smallest absolute Gasteiger partial charge is 0.269 e. The molecule has 0 aliphatic rings. The lowest BCUT2D eigenvalue weighted by molar-refractivity contribution is 0.0165. The first kappa shape index (κ1) is 19.1. The van der Waals surface area contributed by atoms with Crippen LogP contribution in [0.15, 0.2) is 36.9 Å². The fourth-order valence-corrected chi connectivity index (χ4v) is 3.93. The van der Waals surface area contributed by atoms with E-state index in [-0.39, 0.29) is 11.8 Å². The third-order valence-corrected chi connectivity index (χ3v) is 5.95. The van der Waals surface area contributed by atoms with E-state index in [1.54, 1.807) is 13.1 Å². The van der Waals surface area contributed by atoms with Gasteiger partial charge in [-0.25, -0.2) is 0 Å². The Labute approximate surface area is 136 Å². The molecule has 1 rings (SSSR count). The van der Waals surface area contributed by atoms with Crippen LogP contribution in [0.5, 0.6) is 0 Å². The van der Waals surface area contributed by atoms with Crippen LogP contribution in [0.25, 0.3) is 0 Å². The molecule has 0 aliphatic heterocycles. The third kappa shape index (κ3) is 6.45. The molecule has 0 fully saturated rings. The van der Waals surface area contributed by atoms with Gasteiger partial charge in [-0.2, -0.15) is 0 Å². The normalized spacial score (nSPS) is 14.6. The molecule has 0 amide bonds. The highest BCUT2D eigenvalue weighted by Crippen LogP contribution is 2.29. The van der Waals surface area contributed by atoms with Crippen molar-refractivity contribution < 1.29 is 8.84 Å². The van der Waals surface area contributed by atoms with Gasteiger partial charge in [0.05, 0.1) is 11.8 Å². The third-order valence-electron chi connectivity index (χ3n) is 3.99. The summed E-state index contributed by atoms with van der Waals surface area (Å²) in [7, 11) is -2.83. The molecule has 3 heteroatoms. The number of hydrogen-bond donors (Lipinski definition) is 0. The average molecular weight is 323 g/mol. The van der Waals surface area contributed by atoms with E-state index in [9.17, 15) is 4.11 Å². The minimum atomic E-state index is -2.83. The molecular weight excluding hydrogens is 291 g/mol. The Bertz CT molecular complexity index is 436. The van der Waals surface area contributed by atoms with Gasteiger partial charge < -0.3 is 8.84 Å². The predicted octanol–water partition coefficient (Wildman–Crippen LogP) is 6.29. The van der Waals surface area contributed by atoms with E-state index in [2.05, 4.69) is 44.7 Å². The molecule has 0 heterocycles. The second-order valence-electron chi connectivity index (χ2n) is 6.61. The topological polar surface area (TPSA) is 9.23 Å². The highest BCUT2D eigenvalue weighted by Gasteiger charge is 2.35. The number of halogens is 1. The molecule has 0 aromatic heterocycles. The fraction of sp³-hybridized carbons (Fsp3) is 0.579. The zero-order valence-corrected chi connectivity index (χ0v) is 15.6. The highest BCUT2D eigenvalue weighted by atomic mass is 28.4. The Kier molecular flexibility index (Phi) is 8.05. The number of hydrogen-bond acceptors (Lipinski definition) is 1. The van der Waals surface area contributed by atoms with Gasteiger partial charge in [0, 0.05) is 0 Å². The maximum Gasteiger partial charge on any atom is 0.269 e. The number of rotatable bonds is 10. The first-order valence-corrected chi connectivity index (χ1v) is 11.4. The van der Waals surface area contributed by atoms with Gasteiger partial charge >= 0.3 is 0 Å². The quantitative estimate of drug-likeness (QED) is 0.213. The summed E-state index contributed by atoms with van der Waals surface area (Å²) in [6.07, 6.45) is 6.64. The van der Waals surface area contributed by atoms with Crippen LogP contribution in [0.3, 0.4) is 0 Å².